The smallest absolute Gasteiger partial charge is 0.221 e. The molecular weight excluding hydrogens is 419 g/mol. The molecule has 2 aliphatic rings. The lowest BCUT2D eigenvalue weighted by Crippen LogP contribution is -2.44. The fourth-order valence-electron chi connectivity index (χ4n) is 3.47. The normalized spacial score (nSPS) is 15.9. The molecule has 3 N–H and O–H groups in total. The van der Waals surface area contributed by atoms with Crippen LogP contribution in [0.15, 0.2) is 18.7 Å². The number of aromatic nitrogens is 2. The summed E-state index contributed by atoms with van der Waals surface area (Å²) in [6.07, 6.45) is 0.712. The molecule has 6 nitrogen and oxygen atoms in total. The maximum absolute atomic E-state index is 6.58. The molecule has 1 saturated heterocycles. The Hall–Kier alpha value is -2.06. The van der Waals surface area contributed by atoms with Crippen LogP contribution in [0.5, 0.6) is 5.75 Å². The van der Waals surface area contributed by atoms with Crippen molar-refractivity contribution in [1.29, 1.82) is 0 Å². The Labute approximate surface area is 175 Å². The molecule has 1 aromatic carbocycles. The van der Waals surface area contributed by atoms with Crippen LogP contribution in [0.4, 0.5) is 5.95 Å². The fourth-order valence-corrected chi connectivity index (χ4v) is 5.09. The highest BCUT2D eigenvalue weighted by Gasteiger charge is 2.27. The van der Waals surface area contributed by atoms with Crippen molar-refractivity contribution in [3.8, 4) is 17.0 Å². The van der Waals surface area contributed by atoms with E-state index in [0.717, 1.165) is 31.9 Å². The van der Waals surface area contributed by atoms with E-state index in [4.69, 9.17) is 38.4 Å². The number of thiophene rings is 1. The van der Waals surface area contributed by atoms with E-state index in [1.807, 2.05) is 6.07 Å². The zero-order valence-corrected chi connectivity index (χ0v) is 17.0. The van der Waals surface area contributed by atoms with Crippen LogP contribution in [0, 0.1) is 0 Å². The molecule has 28 heavy (non-hydrogen) atoms. The van der Waals surface area contributed by atoms with Crippen molar-refractivity contribution in [2.45, 2.75) is 12.5 Å². The van der Waals surface area contributed by atoms with Gasteiger partial charge in [-0.2, -0.15) is 0 Å². The zero-order chi connectivity index (χ0) is 19.4. The van der Waals surface area contributed by atoms with Gasteiger partial charge in [0.1, 0.15) is 10.6 Å². The number of nitrogen functional groups attached to an aromatic ring is 1. The number of ether oxygens (including phenoxy) is 2. The predicted octanol–water partition coefficient (Wildman–Crippen LogP) is 4.14. The van der Waals surface area contributed by atoms with Gasteiger partial charge in [0.25, 0.3) is 0 Å². The van der Waals surface area contributed by atoms with E-state index in [1.54, 1.807) is 6.07 Å². The van der Waals surface area contributed by atoms with Gasteiger partial charge in [-0.15, -0.1) is 11.3 Å². The summed E-state index contributed by atoms with van der Waals surface area (Å²) < 4.78 is 10.9. The largest absolute Gasteiger partial charge is 0.491 e. The van der Waals surface area contributed by atoms with Gasteiger partial charge in [0.05, 0.1) is 46.5 Å². The summed E-state index contributed by atoms with van der Waals surface area (Å²) >= 11 is 14.4. The van der Waals surface area contributed by atoms with Crippen molar-refractivity contribution in [1.82, 2.24) is 15.3 Å². The van der Waals surface area contributed by atoms with E-state index in [-0.39, 0.29) is 5.95 Å². The van der Waals surface area contributed by atoms with Gasteiger partial charge in [-0.1, -0.05) is 29.8 Å². The SMILES string of the molecule is C=C(NC1COC1)c1cc2c(-c3c(Cl)cc(Cl)c4c3CCO4)nc(N)nc2s1. The van der Waals surface area contributed by atoms with Gasteiger partial charge in [-0.25, -0.2) is 9.97 Å². The van der Waals surface area contributed by atoms with Crippen LogP contribution < -0.4 is 15.8 Å². The molecule has 2 aliphatic heterocycles. The highest BCUT2D eigenvalue weighted by atomic mass is 35.5. The van der Waals surface area contributed by atoms with Gasteiger partial charge in [-0.05, 0) is 12.1 Å². The van der Waals surface area contributed by atoms with Gasteiger partial charge in [0.2, 0.25) is 5.95 Å². The van der Waals surface area contributed by atoms with Gasteiger partial charge in [0, 0.05) is 28.6 Å². The quantitative estimate of drug-likeness (QED) is 0.641. The summed E-state index contributed by atoms with van der Waals surface area (Å²) in [5.41, 5.74) is 9.28. The Morgan fingerprint density at radius 1 is 1.25 bits per heavy atom. The molecule has 3 aromatic rings. The van der Waals surface area contributed by atoms with Crippen molar-refractivity contribution >= 4 is 56.4 Å². The summed E-state index contributed by atoms with van der Waals surface area (Å²) in [4.78, 5) is 10.7. The molecule has 144 valence electrons. The third-order valence-electron chi connectivity index (χ3n) is 4.84. The molecule has 5 rings (SSSR count). The number of fused-ring (bicyclic) bond motifs is 2. The minimum atomic E-state index is 0.195. The highest BCUT2D eigenvalue weighted by Crippen LogP contribution is 2.46. The summed E-state index contributed by atoms with van der Waals surface area (Å²) in [5.74, 6) is 0.860. The number of nitrogens with two attached hydrogens (primary N) is 1. The lowest BCUT2D eigenvalue weighted by Gasteiger charge is -2.28. The minimum absolute atomic E-state index is 0.195. The van der Waals surface area contributed by atoms with Gasteiger partial charge >= 0.3 is 0 Å². The molecular formula is C19H16Cl2N4O2S. The van der Waals surface area contributed by atoms with Crippen LogP contribution in [0.1, 0.15) is 10.4 Å². The third-order valence-corrected chi connectivity index (χ3v) is 6.51. The average Bonchev–Trinajstić information content (AvgIpc) is 3.24. The number of nitrogens with one attached hydrogen (secondary N) is 1. The van der Waals surface area contributed by atoms with E-state index in [1.165, 1.54) is 11.3 Å². The number of hydrogen-bond donors (Lipinski definition) is 2. The molecule has 0 amide bonds. The average molecular weight is 435 g/mol. The third kappa shape index (κ3) is 2.90. The molecule has 0 aliphatic carbocycles. The zero-order valence-electron chi connectivity index (χ0n) is 14.7. The number of anilines is 1. The molecule has 1 fully saturated rings. The highest BCUT2D eigenvalue weighted by molar-refractivity contribution is 7.19. The first-order valence-corrected chi connectivity index (χ1v) is 10.3. The topological polar surface area (TPSA) is 82.3 Å². The molecule has 0 spiro atoms. The van der Waals surface area contributed by atoms with Crippen LogP contribution in [0.2, 0.25) is 10.0 Å². The van der Waals surface area contributed by atoms with Crippen LogP contribution in [0.25, 0.3) is 27.2 Å². The Morgan fingerprint density at radius 2 is 2.07 bits per heavy atom. The summed E-state index contributed by atoms with van der Waals surface area (Å²) in [7, 11) is 0. The standard InChI is InChI=1S/C19H16Cl2N4O2S/c1-8(23-9-6-26-7-9)14-4-11-16(24-19(22)25-18(11)28-14)15-10-2-3-27-17(10)13(21)5-12(15)20/h4-5,9,23H,1-3,6-7H2,(H2,22,24,25). The Bertz CT molecular complexity index is 1130. The second-order valence-electron chi connectivity index (χ2n) is 6.74. The van der Waals surface area contributed by atoms with Gasteiger partial charge < -0.3 is 20.5 Å². The van der Waals surface area contributed by atoms with Crippen LogP contribution >= 0.6 is 34.5 Å². The van der Waals surface area contributed by atoms with Crippen LogP contribution in [0.3, 0.4) is 0 Å². The number of nitrogens with zero attached hydrogens (tertiary/aromatic N) is 2. The van der Waals surface area contributed by atoms with Crippen molar-refractivity contribution in [3.05, 3.63) is 39.2 Å². The number of rotatable bonds is 4. The maximum Gasteiger partial charge on any atom is 0.221 e. The van der Waals surface area contributed by atoms with Crippen molar-refractivity contribution < 1.29 is 9.47 Å². The molecule has 9 heteroatoms. The summed E-state index contributed by atoms with van der Waals surface area (Å²) in [6, 6.07) is 4.01. The Balaban J connectivity index is 1.66. The predicted molar refractivity (Wildman–Crippen MR) is 113 cm³/mol. The van der Waals surface area contributed by atoms with Crippen molar-refractivity contribution in [3.63, 3.8) is 0 Å². The lowest BCUT2D eigenvalue weighted by molar-refractivity contribution is 0.00212. The first-order valence-electron chi connectivity index (χ1n) is 8.76. The Morgan fingerprint density at radius 3 is 2.82 bits per heavy atom. The lowest BCUT2D eigenvalue weighted by atomic mass is 10.00. The molecule has 0 atom stereocenters. The van der Waals surface area contributed by atoms with E-state index in [2.05, 4.69) is 21.9 Å². The second kappa shape index (κ2) is 6.77. The molecule has 0 unspecified atom stereocenters. The number of halogens is 2. The van der Waals surface area contributed by atoms with E-state index >= 15 is 0 Å². The number of hydrogen-bond acceptors (Lipinski definition) is 7. The molecule has 0 radical (unpaired) electrons. The van der Waals surface area contributed by atoms with E-state index < -0.39 is 0 Å². The fraction of sp³-hybridized carbons (Fsp3) is 0.263. The first-order chi connectivity index (χ1) is 13.5. The second-order valence-corrected chi connectivity index (χ2v) is 8.58. The van der Waals surface area contributed by atoms with Gasteiger partial charge in [-0.3, -0.25) is 0 Å². The first kappa shape index (κ1) is 18.0. The minimum Gasteiger partial charge on any atom is -0.491 e. The number of benzene rings is 1. The summed E-state index contributed by atoms with van der Waals surface area (Å²) in [6.45, 7) is 6.09. The molecule has 2 aromatic heterocycles. The van der Waals surface area contributed by atoms with Crippen molar-refractivity contribution in [2.75, 3.05) is 25.6 Å². The van der Waals surface area contributed by atoms with E-state index in [0.29, 0.717) is 53.8 Å². The summed E-state index contributed by atoms with van der Waals surface area (Å²) in [5, 5.41) is 5.28. The van der Waals surface area contributed by atoms with Crippen LogP contribution in [-0.2, 0) is 11.2 Å². The van der Waals surface area contributed by atoms with Gasteiger partial charge in [0.15, 0.2) is 0 Å². The van der Waals surface area contributed by atoms with Crippen LogP contribution in [-0.4, -0.2) is 35.8 Å². The molecule has 0 saturated carbocycles. The maximum atomic E-state index is 6.58. The monoisotopic (exact) mass is 434 g/mol. The van der Waals surface area contributed by atoms with E-state index in [9.17, 15) is 0 Å². The molecule has 4 heterocycles. The van der Waals surface area contributed by atoms with Crippen molar-refractivity contribution in [2.24, 2.45) is 0 Å². The molecule has 0 bridgehead atoms. The Kier molecular flexibility index (Phi) is 4.35.